The van der Waals surface area contributed by atoms with E-state index in [4.69, 9.17) is 9.47 Å². The maximum absolute atomic E-state index is 15.1. The van der Waals surface area contributed by atoms with Crippen molar-refractivity contribution >= 4 is 21.9 Å². The fraction of sp³-hybridized carbons (Fsp3) is 0.368. The topological polar surface area (TPSA) is 118 Å². The summed E-state index contributed by atoms with van der Waals surface area (Å²) < 4.78 is 66.1. The molecule has 2 aromatic rings. The molecule has 1 spiro atoms. The highest BCUT2D eigenvalue weighted by Crippen LogP contribution is 2.47. The third kappa shape index (κ3) is 3.17. The van der Waals surface area contributed by atoms with Crippen LogP contribution in [-0.2, 0) is 26.8 Å². The molecule has 3 heterocycles. The normalized spacial score (nSPS) is 19.5. The molecule has 1 saturated heterocycles. The quantitative estimate of drug-likeness (QED) is 0.713. The number of aromatic nitrogens is 1. The average molecular weight is 453 g/mol. The van der Waals surface area contributed by atoms with Gasteiger partial charge in [0, 0.05) is 23.4 Å². The largest absolute Gasteiger partial charge is 0.505 e. The Morgan fingerprint density at radius 3 is 2.68 bits per heavy atom. The first-order valence-corrected chi connectivity index (χ1v) is 11.0. The van der Waals surface area contributed by atoms with E-state index in [1.54, 1.807) is 0 Å². The third-order valence-corrected chi connectivity index (χ3v) is 7.49. The van der Waals surface area contributed by atoms with Crippen LogP contribution in [-0.4, -0.2) is 48.0 Å². The second-order valence-corrected chi connectivity index (χ2v) is 9.72. The molecule has 1 saturated carbocycles. The van der Waals surface area contributed by atoms with Crippen molar-refractivity contribution in [3.8, 4) is 11.5 Å². The van der Waals surface area contributed by atoms with E-state index in [0.29, 0.717) is 12.8 Å². The Bertz CT molecular complexity index is 1200. The van der Waals surface area contributed by atoms with Crippen molar-refractivity contribution in [2.24, 2.45) is 0 Å². The van der Waals surface area contributed by atoms with Gasteiger partial charge in [0.2, 0.25) is 10.0 Å². The van der Waals surface area contributed by atoms with Crippen molar-refractivity contribution in [2.45, 2.75) is 30.2 Å². The molecule has 3 aliphatic rings. The van der Waals surface area contributed by atoms with Crippen LogP contribution in [0.1, 0.15) is 24.0 Å². The van der Waals surface area contributed by atoms with Gasteiger partial charge in [-0.25, -0.2) is 27.0 Å². The maximum atomic E-state index is 15.1. The number of amides is 1. The Labute approximate surface area is 175 Å². The lowest BCUT2D eigenvalue weighted by Crippen LogP contribution is -2.63. The Morgan fingerprint density at radius 2 is 2.03 bits per heavy atom. The van der Waals surface area contributed by atoms with E-state index in [0.717, 1.165) is 12.1 Å². The molecule has 1 amide bonds. The molecule has 1 aromatic carbocycles. The average Bonchev–Trinajstić information content (AvgIpc) is 3.51. The molecule has 0 bridgehead atoms. The molecule has 2 N–H and O–H groups in total. The van der Waals surface area contributed by atoms with E-state index >= 15 is 4.39 Å². The molecular formula is C19H17F2N3O6S. The number of aromatic hydroxyl groups is 1. The summed E-state index contributed by atoms with van der Waals surface area (Å²) in [5, 5.41) is 9.04. The summed E-state index contributed by atoms with van der Waals surface area (Å²) in [6.45, 7) is -0.253. The summed E-state index contributed by atoms with van der Waals surface area (Å²) in [5.74, 6) is -2.93. The number of anilines is 1. The van der Waals surface area contributed by atoms with Gasteiger partial charge in [-0.1, -0.05) is 0 Å². The highest BCUT2D eigenvalue weighted by Gasteiger charge is 2.54. The highest BCUT2D eigenvalue weighted by atomic mass is 32.2. The second-order valence-electron chi connectivity index (χ2n) is 7.76. The lowest BCUT2D eigenvalue weighted by molar-refractivity contribution is -0.143. The van der Waals surface area contributed by atoms with E-state index in [-0.39, 0.29) is 36.6 Å². The summed E-state index contributed by atoms with van der Waals surface area (Å²) >= 11 is 0. The zero-order valence-electron chi connectivity index (χ0n) is 16.0. The summed E-state index contributed by atoms with van der Waals surface area (Å²) in [5.41, 5.74) is -0.824. The third-order valence-electron chi connectivity index (χ3n) is 5.67. The lowest BCUT2D eigenvalue weighted by Gasteiger charge is -2.51. The van der Waals surface area contributed by atoms with Crippen LogP contribution in [0.25, 0.3) is 0 Å². The van der Waals surface area contributed by atoms with Gasteiger partial charge in [-0.15, -0.1) is 0 Å². The smallest absolute Gasteiger partial charge is 0.416 e. The first-order valence-electron chi connectivity index (χ1n) is 9.46. The number of nitrogens with one attached hydrogen (secondary N) is 1. The number of hydrogen-bond acceptors (Lipinski definition) is 7. The minimum atomic E-state index is -3.73. The number of benzene rings is 1. The Balaban J connectivity index is 1.49. The van der Waals surface area contributed by atoms with E-state index in [1.165, 1.54) is 17.2 Å². The van der Waals surface area contributed by atoms with Gasteiger partial charge in [-0.05, 0) is 25.0 Å². The molecule has 2 fully saturated rings. The van der Waals surface area contributed by atoms with Gasteiger partial charge in [0.05, 0.1) is 25.0 Å². The molecule has 164 valence electrons. The molecule has 12 heteroatoms. The number of halogens is 2. The molecule has 5 rings (SSSR count). The van der Waals surface area contributed by atoms with Crippen molar-refractivity contribution < 1.29 is 36.6 Å². The molecule has 1 aliphatic carbocycles. The Kier molecular flexibility index (Phi) is 4.35. The van der Waals surface area contributed by atoms with Crippen LogP contribution in [0.3, 0.4) is 0 Å². The fourth-order valence-corrected chi connectivity index (χ4v) is 5.06. The number of ether oxygens (including phenoxy) is 2. The first-order chi connectivity index (χ1) is 14.7. The molecular weight excluding hydrogens is 436 g/mol. The van der Waals surface area contributed by atoms with Gasteiger partial charge in [-0.3, -0.25) is 9.62 Å². The van der Waals surface area contributed by atoms with Gasteiger partial charge >= 0.3 is 6.09 Å². The van der Waals surface area contributed by atoms with Crippen LogP contribution in [0.4, 0.5) is 19.4 Å². The van der Waals surface area contributed by atoms with Crippen molar-refractivity contribution in [1.29, 1.82) is 0 Å². The van der Waals surface area contributed by atoms with Gasteiger partial charge in [0.25, 0.3) is 0 Å². The van der Waals surface area contributed by atoms with Crippen molar-refractivity contribution in [1.82, 2.24) is 9.88 Å². The van der Waals surface area contributed by atoms with Crippen LogP contribution in [0.15, 0.2) is 24.4 Å². The number of pyridine rings is 1. The zero-order chi connectivity index (χ0) is 22.0. The van der Waals surface area contributed by atoms with Gasteiger partial charge in [-0.2, -0.15) is 0 Å². The number of fused-ring (bicyclic) bond motifs is 2. The number of phenolic OH excluding ortho intramolecular Hbond substituents is 1. The number of phenols is 1. The van der Waals surface area contributed by atoms with Gasteiger partial charge < -0.3 is 14.6 Å². The van der Waals surface area contributed by atoms with E-state index < -0.39 is 50.1 Å². The monoisotopic (exact) mass is 453 g/mol. The molecule has 31 heavy (non-hydrogen) atoms. The minimum Gasteiger partial charge on any atom is -0.505 e. The Morgan fingerprint density at radius 1 is 1.29 bits per heavy atom. The molecule has 9 nitrogen and oxygen atoms in total. The van der Waals surface area contributed by atoms with Gasteiger partial charge in [0.15, 0.2) is 23.2 Å². The predicted octanol–water partition coefficient (Wildman–Crippen LogP) is 2.21. The maximum Gasteiger partial charge on any atom is 0.416 e. The van der Waals surface area contributed by atoms with Crippen molar-refractivity contribution in [2.75, 3.05) is 17.9 Å². The van der Waals surface area contributed by atoms with Crippen LogP contribution < -0.4 is 9.46 Å². The standard InChI is InChI=1S/C19H17F2N3O6S/c20-13-5-12-15(6-14(13)25)30-18(26)24(19(12)8-29-9-19)7-10-3-4-22-17(16(10)21)23-31(27,28)11-1-2-11/h3-6,11,25H,1-2,7-9H2,(H,22,23). The summed E-state index contributed by atoms with van der Waals surface area (Å²) in [7, 11) is -3.73. The number of nitrogens with zero attached hydrogens (tertiary/aromatic N) is 2. The number of rotatable bonds is 5. The first kappa shape index (κ1) is 19.9. The van der Waals surface area contributed by atoms with Crippen LogP contribution in [0.5, 0.6) is 11.5 Å². The predicted molar refractivity (Wildman–Crippen MR) is 102 cm³/mol. The van der Waals surface area contributed by atoms with Crippen LogP contribution in [0.2, 0.25) is 0 Å². The van der Waals surface area contributed by atoms with Crippen LogP contribution in [0, 0.1) is 11.6 Å². The number of hydrogen-bond donors (Lipinski definition) is 2. The molecule has 1 aromatic heterocycles. The summed E-state index contributed by atoms with van der Waals surface area (Å²) in [6.07, 6.45) is 1.40. The molecule has 0 unspecified atom stereocenters. The minimum absolute atomic E-state index is 0.00321. The summed E-state index contributed by atoms with van der Waals surface area (Å²) in [4.78, 5) is 17.7. The van der Waals surface area contributed by atoms with Gasteiger partial charge in [0.1, 0.15) is 11.3 Å². The lowest BCUT2D eigenvalue weighted by atomic mass is 9.84. The fourth-order valence-electron chi connectivity index (χ4n) is 3.73. The highest BCUT2D eigenvalue weighted by molar-refractivity contribution is 7.93. The van der Waals surface area contributed by atoms with Crippen LogP contribution >= 0.6 is 0 Å². The van der Waals surface area contributed by atoms with E-state index in [1.807, 2.05) is 0 Å². The second kappa shape index (κ2) is 6.76. The molecule has 0 radical (unpaired) electrons. The number of sulfonamides is 1. The Hall–Kier alpha value is -2.99. The van der Waals surface area contributed by atoms with Crippen molar-refractivity contribution in [3.05, 3.63) is 47.2 Å². The number of carbonyl (C=O) groups is 1. The molecule has 0 atom stereocenters. The van der Waals surface area contributed by atoms with E-state index in [2.05, 4.69) is 9.71 Å². The SMILES string of the molecule is O=C1Oc2cc(O)c(F)cc2C2(COC2)N1Cc1ccnc(NS(=O)(=O)C2CC2)c1F. The molecule has 2 aliphatic heterocycles. The van der Waals surface area contributed by atoms with Crippen molar-refractivity contribution in [3.63, 3.8) is 0 Å². The summed E-state index contributed by atoms with van der Waals surface area (Å²) in [6, 6.07) is 3.39. The number of carbonyl (C=O) groups excluding carboxylic acids is 1. The zero-order valence-corrected chi connectivity index (χ0v) is 16.8. The van der Waals surface area contributed by atoms with E-state index in [9.17, 15) is 22.7 Å².